The van der Waals surface area contributed by atoms with Gasteiger partial charge in [0, 0.05) is 43.2 Å². The Morgan fingerprint density at radius 3 is 2.57 bits per heavy atom. The summed E-state index contributed by atoms with van der Waals surface area (Å²) in [7, 11) is 2.12. The molecule has 0 bridgehead atoms. The van der Waals surface area contributed by atoms with Crippen LogP contribution in [-0.4, -0.2) is 62.0 Å². The molecular formula is C23H22N6O. The molecule has 1 atom stereocenters. The van der Waals surface area contributed by atoms with Crippen molar-refractivity contribution in [3.05, 3.63) is 84.2 Å². The van der Waals surface area contributed by atoms with Crippen LogP contribution in [0.5, 0.6) is 0 Å². The molecule has 0 aliphatic carbocycles. The summed E-state index contributed by atoms with van der Waals surface area (Å²) in [6.45, 7) is 2.25. The number of benzene rings is 2. The average molecular weight is 398 g/mol. The van der Waals surface area contributed by atoms with Gasteiger partial charge in [-0.2, -0.15) is 0 Å². The topological polar surface area (TPSA) is 66.6 Å². The van der Waals surface area contributed by atoms with E-state index < -0.39 is 0 Å². The van der Waals surface area contributed by atoms with E-state index >= 15 is 0 Å². The smallest absolute Gasteiger partial charge is 0.255 e. The van der Waals surface area contributed by atoms with Crippen molar-refractivity contribution in [2.75, 3.05) is 26.7 Å². The monoisotopic (exact) mass is 398 g/mol. The van der Waals surface area contributed by atoms with Crippen molar-refractivity contribution in [1.82, 2.24) is 29.4 Å². The molecule has 0 N–H and O–H groups in total. The van der Waals surface area contributed by atoms with Crippen LogP contribution in [0.2, 0.25) is 0 Å². The molecule has 1 aliphatic heterocycles. The molecule has 0 saturated carbocycles. The fraction of sp³-hybridized carbons (Fsp3) is 0.217. The Labute approximate surface area is 174 Å². The molecule has 4 aromatic rings. The Morgan fingerprint density at radius 1 is 0.967 bits per heavy atom. The number of nitrogens with zero attached hydrogens (tertiary/aromatic N) is 6. The number of piperazine rings is 1. The first kappa shape index (κ1) is 18.4. The molecule has 3 heterocycles. The summed E-state index contributed by atoms with van der Waals surface area (Å²) < 4.78 is 1.84. The summed E-state index contributed by atoms with van der Waals surface area (Å²) in [5.74, 6) is 1.32. The minimum absolute atomic E-state index is 0.0587. The van der Waals surface area contributed by atoms with E-state index in [1.165, 1.54) is 5.56 Å². The van der Waals surface area contributed by atoms with Crippen LogP contribution in [0.3, 0.4) is 0 Å². The molecule has 7 nitrogen and oxygen atoms in total. The molecule has 1 amide bonds. The predicted octanol–water partition coefficient (Wildman–Crippen LogP) is 2.92. The van der Waals surface area contributed by atoms with E-state index in [9.17, 15) is 4.79 Å². The van der Waals surface area contributed by atoms with E-state index in [1.807, 2.05) is 64.0 Å². The molecular weight excluding hydrogens is 376 g/mol. The molecule has 2 aromatic heterocycles. The average Bonchev–Trinajstić information content (AvgIpc) is 3.24. The Hall–Kier alpha value is -3.58. The molecule has 1 unspecified atom stereocenters. The van der Waals surface area contributed by atoms with Gasteiger partial charge < -0.3 is 4.90 Å². The lowest BCUT2D eigenvalue weighted by Crippen LogP contribution is -2.49. The molecule has 0 spiro atoms. The normalized spacial score (nSPS) is 17.4. The lowest BCUT2D eigenvalue weighted by Gasteiger charge is -2.39. The van der Waals surface area contributed by atoms with Crippen LogP contribution in [0.4, 0.5) is 0 Å². The second-order valence-corrected chi connectivity index (χ2v) is 7.55. The molecule has 5 rings (SSSR count). The first-order chi connectivity index (χ1) is 14.7. The van der Waals surface area contributed by atoms with Crippen LogP contribution < -0.4 is 0 Å². The zero-order chi connectivity index (χ0) is 20.5. The molecule has 0 radical (unpaired) electrons. The first-order valence-electron chi connectivity index (χ1n) is 10.0. The maximum Gasteiger partial charge on any atom is 0.255 e. The molecule has 1 fully saturated rings. The van der Waals surface area contributed by atoms with Crippen LogP contribution in [0.15, 0.2) is 73.1 Å². The van der Waals surface area contributed by atoms with E-state index in [2.05, 4.69) is 39.3 Å². The van der Waals surface area contributed by atoms with Crippen LogP contribution in [0.1, 0.15) is 22.0 Å². The van der Waals surface area contributed by atoms with Gasteiger partial charge in [0.1, 0.15) is 0 Å². The third-order valence-electron chi connectivity index (χ3n) is 5.70. The lowest BCUT2D eigenvalue weighted by atomic mass is 10.0. The number of carbonyl (C=O) groups excluding carboxylic acids is 1. The van der Waals surface area contributed by atoms with Crippen LogP contribution in [0.25, 0.3) is 17.2 Å². The van der Waals surface area contributed by atoms with Crippen molar-refractivity contribution >= 4 is 11.7 Å². The first-order valence-corrected chi connectivity index (χ1v) is 10.0. The van der Waals surface area contributed by atoms with Gasteiger partial charge in [0.05, 0.1) is 6.04 Å². The van der Waals surface area contributed by atoms with Crippen molar-refractivity contribution in [1.29, 1.82) is 0 Å². The SMILES string of the molecule is CN1CCN(C(=O)c2ccc(-c3nnc4ncccn34)cc2)CC1c1ccccc1. The van der Waals surface area contributed by atoms with E-state index in [1.54, 1.807) is 6.20 Å². The summed E-state index contributed by atoms with van der Waals surface area (Å²) in [6, 6.07) is 20.0. The standard InChI is InChI=1S/C23H22N6O/c1-27-14-15-28(16-20(27)17-6-3-2-4-7-17)22(30)19-10-8-18(9-11-19)21-25-26-23-24-12-5-13-29(21)23/h2-13,20H,14-16H2,1H3. The van der Waals surface area contributed by atoms with Crippen LogP contribution >= 0.6 is 0 Å². The summed E-state index contributed by atoms with van der Waals surface area (Å²) in [5, 5.41) is 8.32. The fourth-order valence-electron chi connectivity index (χ4n) is 3.98. The Balaban J connectivity index is 1.36. The highest BCUT2D eigenvalue weighted by atomic mass is 16.2. The number of carbonyl (C=O) groups is 1. The maximum absolute atomic E-state index is 13.2. The Morgan fingerprint density at radius 2 is 1.77 bits per heavy atom. The second-order valence-electron chi connectivity index (χ2n) is 7.55. The molecule has 30 heavy (non-hydrogen) atoms. The van der Waals surface area contributed by atoms with Crippen molar-refractivity contribution < 1.29 is 4.79 Å². The van der Waals surface area contributed by atoms with Crippen LogP contribution in [0, 0.1) is 0 Å². The van der Waals surface area contributed by atoms with E-state index in [-0.39, 0.29) is 11.9 Å². The van der Waals surface area contributed by atoms with Gasteiger partial charge in [-0.05, 0) is 30.8 Å². The van der Waals surface area contributed by atoms with Crippen molar-refractivity contribution in [3.8, 4) is 11.4 Å². The number of hydrogen-bond acceptors (Lipinski definition) is 5. The second kappa shape index (κ2) is 7.68. The largest absolute Gasteiger partial charge is 0.335 e. The number of amides is 1. The molecule has 1 saturated heterocycles. The zero-order valence-corrected chi connectivity index (χ0v) is 16.7. The van der Waals surface area contributed by atoms with Gasteiger partial charge in [-0.15, -0.1) is 10.2 Å². The van der Waals surface area contributed by atoms with Crippen molar-refractivity contribution in [2.24, 2.45) is 0 Å². The van der Waals surface area contributed by atoms with Gasteiger partial charge in [-0.25, -0.2) is 4.98 Å². The lowest BCUT2D eigenvalue weighted by molar-refractivity contribution is 0.0546. The predicted molar refractivity (Wildman–Crippen MR) is 114 cm³/mol. The summed E-state index contributed by atoms with van der Waals surface area (Å²) >= 11 is 0. The van der Waals surface area contributed by atoms with Crippen LogP contribution in [-0.2, 0) is 0 Å². The minimum Gasteiger partial charge on any atom is -0.335 e. The summed E-state index contributed by atoms with van der Waals surface area (Å²) in [4.78, 5) is 21.6. The van der Waals surface area contributed by atoms with Crippen molar-refractivity contribution in [3.63, 3.8) is 0 Å². The molecule has 7 heteroatoms. The zero-order valence-electron chi connectivity index (χ0n) is 16.7. The molecule has 2 aromatic carbocycles. The summed E-state index contributed by atoms with van der Waals surface area (Å²) in [6.07, 6.45) is 3.57. The van der Waals surface area contributed by atoms with E-state index in [0.717, 1.165) is 18.7 Å². The van der Waals surface area contributed by atoms with Gasteiger partial charge in [-0.3, -0.25) is 14.1 Å². The number of rotatable bonds is 3. The quantitative estimate of drug-likeness (QED) is 0.531. The van der Waals surface area contributed by atoms with Gasteiger partial charge in [0.2, 0.25) is 0 Å². The highest BCUT2D eigenvalue weighted by molar-refractivity contribution is 5.94. The molecule has 1 aliphatic rings. The highest BCUT2D eigenvalue weighted by Gasteiger charge is 2.28. The van der Waals surface area contributed by atoms with Gasteiger partial charge in [-0.1, -0.05) is 42.5 Å². The van der Waals surface area contributed by atoms with E-state index in [0.29, 0.717) is 23.7 Å². The third-order valence-corrected chi connectivity index (χ3v) is 5.70. The fourth-order valence-corrected chi connectivity index (χ4v) is 3.98. The Kier molecular flexibility index (Phi) is 4.72. The summed E-state index contributed by atoms with van der Waals surface area (Å²) in [5.41, 5.74) is 2.81. The third kappa shape index (κ3) is 3.33. The van der Waals surface area contributed by atoms with Crippen molar-refractivity contribution in [2.45, 2.75) is 6.04 Å². The number of likely N-dealkylation sites (N-methyl/N-ethyl adjacent to an activating group) is 1. The van der Waals surface area contributed by atoms with Gasteiger partial charge >= 0.3 is 0 Å². The minimum atomic E-state index is 0.0587. The van der Waals surface area contributed by atoms with Gasteiger partial charge in [0.25, 0.3) is 11.7 Å². The number of hydrogen-bond donors (Lipinski definition) is 0. The number of fused-ring (bicyclic) bond motifs is 1. The van der Waals surface area contributed by atoms with Gasteiger partial charge in [0.15, 0.2) is 5.82 Å². The highest BCUT2D eigenvalue weighted by Crippen LogP contribution is 2.25. The maximum atomic E-state index is 13.2. The van der Waals surface area contributed by atoms with E-state index in [4.69, 9.17) is 0 Å². The number of aromatic nitrogens is 4. The molecule has 150 valence electrons. The Bertz CT molecular complexity index is 1170.